The van der Waals surface area contributed by atoms with Gasteiger partial charge in [0.2, 0.25) is 5.91 Å². The topological polar surface area (TPSA) is 65.8 Å². The number of allylic oxidation sites excluding steroid dienone is 1. The van der Waals surface area contributed by atoms with Gasteiger partial charge in [-0.2, -0.15) is 5.26 Å². The maximum absolute atomic E-state index is 13.0. The zero-order chi connectivity index (χ0) is 21.8. The summed E-state index contributed by atoms with van der Waals surface area (Å²) in [7, 11) is 1.65. The van der Waals surface area contributed by atoms with Crippen LogP contribution in [0.5, 0.6) is 11.5 Å². The van der Waals surface area contributed by atoms with Gasteiger partial charge in [0.15, 0.2) is 0 Å². The van der Waals surface area contributed by atoms with Crippen LogP contribution in [0.25, 0.3) is 0 Å². The molecule has 160 valence electrons. The average molecular weight is 436 g/mol. The number of hydrogen-bond acceptors (Lipinski definition) is 6. The van der Waals surface area contributed by atoms with Crippen LogP contribution < -0.4 is 9.47 Å². The summed E-state index contributed by atoms with van der Waals surface area (Å²) in [4.78, 5) is 17.0. The molecular weight excluding hydrogens is 410 g/mol. The van der Waals surface area contributed by atoms with Crippen molar-refractivity contribution >= 4 is 17.7 Å². The number of fused-ring (bicyclic) bond motifs is 1. The van der Waals surface area contributed by atoms with E-state index in [1.165, 1.54) is 0 Å². The molecule has 31 heavy (non-hydrogen) atoms. The number of methoxy groups -OCH3 is 1. The van der Waals surface area contributed by atoms with Gasteiger partial charge < -0.3 is 9.47 Å². The number of benzene rings is 2. The molecule has 4 rings (SSSR count). The van der Waals surface area contributed by atoms with Crippen molar-refractivity contribution in [2.24, 2.45) is 0 Å². The van der Waals surface area contributed by atoms with Crippen molar-refractivity contribution in [3.05, 3.63) is 70.3 Å². The van der Waals surface area contributed by atoms with E-state index >= 15 is 0 Å². The molecule has 2 aliphatic heterocycles. The molecule has 0 aliphatic carbocycles. The highest BCUT2D eigenvalue weighted by Gasteiger charge is 2.38. The third kappa shape index (κ3) is 4.55. The minimum Gasteiger partial charge on any atom is -0.497 e. The van der Waals surface area contributed by atoms with Gasteiger partial charge in [0.1, 0.15) is 11.5 Å². The van der Waals surface area contributed by atoms with Crippen molar-refractivity contribution in [3.63, 3.8) is 0 Å². The number of nitriles is 1. The Morgan fingerprint density at radius 1 is 1.13 bits per heavy atom. The van der Waals surface area contributed by atoms with Gasteiger partial charge in [0.25, 0.3) is 0 Å². The Balaban J connectivity index is 1.52. The lowest BCUT2D eigenvalue weighted by molar-refractivity contribution is -0.131. The van der Waals surface area contributed by atoms with Crippen molar-refractivity contribution in [3.8, 4) is 17.6 Å². The largest absolute Gasteiger partial charge is 0.497 e. The molecule has 1 amide bonds. The smallest absolute Gasteiger partial charge is 0.229 e. The van der Waals surface area contributed by atoms with Gasteiger partial charge in [-0.3, -0.25) is 14.6 Å². The highest BCUT2D eigenvalue weighted by molar-refractivity contribution is 8.03. The molecule has 2 aromatic carbocycles. The number of carbonyl (C=O) groups is 1. The monoisotopic (exact) mass is 435 g/mol. The summed E-state index contributed by atoms with van der Waals surface area (Å²) in [5, 5.41) is 10.7. The Labute approximate surface area is 187 Å². The zero-order valence-corrected chi connectivity index (χ0v) is 18.5. The molecule has 0 N–H and O–H groups in total. The van der Waals surface area contributed by atoms with E-state index < -0.39 is 0 Å². The summed E-state index contributed by atoms with van der Waals surface area (Å²) >= 11 is 1.57. The molecule has 0 unspecified atom stereocenters. The van der Waals surface area contributed by atoms with E-state index in [0.717, 1.165) is 40.1 Å². The molecule has 0 spiro atoms. The van der Waals surface area contributed by atoms with Crippen molar-refractivity contribution in [2.45, 2.75) is 25.8 Å². The van der Waals surface area contributed by atoms with Crippen LogP contribution in [0.1, 0.15) is 30.4 Å². The van der Waals surface area contributed by atoms with Gasteiger partial charge in [-0.25, -0.2) is 0 Å². The molecule has 2 heterocycles. The Kier molecular flexibility index (Phi) is 6.50. The van der Waals surface area contributed by atoms with Gasteiger partial charge >= 0.3 is 0 Å². The van der Waals surface area contributed by atoms with Gasteiger partial charge in [0, 0.05) is 18.9 Å². The van der Waals surface area contributed by atoms with Gasteiger partial charge in [0.05, 0.1) is 42.9 Å². The lowest BCUT2D eigenvalue weighted by Crippen LogP contribution is -2.46. The van der Waals surface area contributed by atoms with E-state index in [4.69, 9.17) is 9.47 Å². The standard InChI is InChI=1S/C24H25N3O3S/c1-3-30-20-10-6-18(7-11-20)21-12-23(28)27-15-26(16-31-24(27)22(21)13-25)14-17-4-8-19(29-2)9-5-17/h4-11,21H,3,12,14-16H2,1-2H3/t21-/m1/s1. The Morgan fingerprint density at radius 3 is 2.48 bits per heavy atom. The van der Waals surface area contributed by atoms with Gasteiger partial charge in [-0.1, -0.05) is 36.0 Å². The molecule has 2 aromatic rings. The maximum atomic E-state index is 13.0. The maximum Gasteiger partial charge on any atom is 0.229 e. The highest BCUT2D eigenvalue weighted by atomic mass is 32.2. The van der Waals surface area contributed by atoms with E-state index in [0.29, 0.717) is 25.3 Å². The number of ether oxygens (including phenoxy) is 2. The summed E-state index contributed by atoms with van der Waals surface area (Å²) in [6, 6.07) is 18.1. The van der Waals surface area contributed by atoms with Crippen LogP contribution in [-0.4, -0.2) is 42.0 Å². The number of nitrogens with zero attached hydrogens (tertiary/aromatic N) is 3. The first-order valence-electron chi connectivity index (χ1n) is 10.3. The SMILES string of the molecule is CCOc1ccc([C@H]2CC(=O)N3CN(Cc4ccc(OC)cc4)CSC3=C2C#N)cc1. The summed E-state index contributed by atoms with van der Waals surface area (Å²) in [5.74, 6) is 2.20. The molecule has 0 saturated carbocycles. The Bertz CT molecular complexity index is 1010. The predicted molar refractivity (Wildman–Crippen MR) is 120 cm³/mol. The Morgan fingerprint density at radius 2 is 1.84 bits per heavy atom. The Hall–Kier alpha value is -2.95. The molecule has 1 atom stereocenters. The first-order valence-corrected chi connectivity index (χ1v) is 11.3. The lowest BCUT2D eigenvalue weighted by Gasteiger charge is -2.41. The minimum atomic E-state index is -0.208. The molecule has 0 radical (unpaired) electrons. The van der Waals surface area contributed by atoms with E-state index in [1.54, 1.807) is 23.8 Å². The fraction of sp³-hybridized carbons (Fsp3) is 0.333. The van der Waals surface area contributed by atoms with E-state index in [-0.39, 0.29) is 11.8 Å². The van der Waals surface area contributed by atoms with Crippen molar-refractivity contribution in [1.82, 2.24) is 9.80 Å². The third-order valence-corrected chi connectivity index (χ3v) is 6.72. The van der Waals surface area contributed by atoms with Crippen LogP contribution in [0.4, 0.5) is 0 Å². The van der Waals surface area contributed by atoms with Crippen LogP contribution in [0.2, 0.25) is 0 Å². The molecule has 0 aromatic heterocycles. The van der Waals surface area contributed by atoms with E-state index in [1.807, 2.05) is 55.5 Å². The van der Waals surface area contributed by atoms with Crippen LogP contribution in [-0.2, 0) is 11.3 Å². The lowest BCUT2D eigenvalue weighted by atomic mass is 9.86. The predicted octanol–water partition coefficient (Wildman–Crippen LogP) is 4.31. The zero-order valence-electron chi connectivity index (χ0n) is 17.7. The molecule has 2 aliphatic rings. The molecular formula is C24H25N3O3S. The number of thioether (sulfide) groups is 1. The van der Waals surface area contributed by atoms with Crippen LogP contribution in [0.3, 0.4) is 0 Å². The summed E-state index contributed by atoms with van der Waals surface area (Å²) in [6.45, 7) is 3.78. The van der Waals surface area contributed by atoms with Crippen molar-refractivity contribution < 1.29 is 14.3 Å². The van der Waals surface area contributed by atoms with Crippen LogP contribution in [0.15, 0.2) is 59.1 Å². The van der Waals surface area contributed by atoms with Crippen molar-refractivity contribution in [1.29, 1.82) is 5.26 Å². The van der Waals surface area contributed by atoms with Gasteiger partial charge in [-0.05, 0) is 42.3 Å². The fourth-order valence-corrected chi connectivity index (χ4v) is 5.08. The number of carbonyl (C=O) groups excluding carboxylic acids is 1. The number of rotatable bonds is 6. The highest BCUT2D eigenvalue weighted by Crippen LogP contribution is 2.42. The second kappa shape index (κ2) is 9.46. The number of amides is 1. The van der Waals surface area contributed by atoms with Crippen molar-refractivity contribution in [2.75, 3.05) is 26.3 Å². The first-order chi connectivity index (χ1) is 15.1. The summed E-state index contributed by atoms with van der Waals surface area (Å²) in [6.07, 6.45) is 0.303. The third-order valence-electron chi connectivity index (χ3n) is 5.51. The first kappa shape index (κ1) is 21.3. The quantitative estimate of drug-likeness (QED) is 0.674. The molecule has 1 fully saturated rings. The fourth-order valence-electron chi connectivity index (χ4n) is 3.94. The second-order valence-electron chi connectivity index (χ2n) is 7.50. The molecule has 0 bridgehead atoms. The van der Waals surface area contributed by atoms with E-state index in [9.17, 15) is 10.1 Å². The normalized spacial score (nSPS) is 19.1. The summed E-state index contributed by atoms with van der Waals surface area (Å²) in [5.41, 5.74) is 2.81. The average Bonchev–Trinajstić information content (AvgIpc) is 2.80. The van der Waals surface area contributed by atoms with E-state index in [2.05, 4.69) is 11.0 Å². The number of hydrogen-bond donors (Lipinski definition) is 0. The molecule has 6 nitrogen and oxygen atoms in total. The summed E-state index contributed by atoms with van der Waals surface area (Å²) < 4.78 is 10.7. The molecule has 1 saturated heterocycles. The minimum absolute atomic E-state index is 0.0554. The second-order valence-corrected chi connectivity index (χ2v) is 8.44. The molecule has 7 heteroatoms. The van der Waals surface area contributed by atoms with Crippen LogP contribution >= 0.6 is 11.8 Å². The van der Waals surface area contributed by atoms with Crippen LogP contribution in [0, 0.1) is 11.3 Å². The van der Waals surface area contributed by atoms with Gasteiger partial charge in [-0.15, -0.1) is 0 Å².